The third-order valence-electron chi connectivity index (χ3n) is 2.39. The lowest BCUT2D eigenvalue weighted by Crippen LogP contribution is -1.94. The smallest absolute Gasteiger partial charge is 0.0125 e. The first-order chi connectivity index (χ1) is 6.77. The maximum absolute atomic E-state index is 2.33. The first kappa shape index (κ1) is 11.6. The van der Waals surface area contributed by atoms with E-state index in [4.69, 9.17) is 0 Å². The number of aryl methyl sites for hydroxylation is 1. The quantitative estimate of drug-likeness (QED) is 0.693. The van der Waals surface area contributed by atoms with E-state index in [2.05, 4.69) is 45.0 Å². The van der Waals surface area contributed by atoms with Crippen molar-refractivity contribution in [2.75, 3.05) is 11.5 Å². The van der Waals surface area contributed by atoms with E-state index in [9.17, 15) is 0 Å². The van der Waals surface area contributed by atoms with Gasteiger partial charge in [0.2, 0.25) is 0 Å². The Kier molecular flexibility index (Phi) is 5.10. The summed E-state index contributed by atoms with van der Waals surface area (Å²) < 4.78 is 0. The molecule has 0 aliphatic heterocycles. The van der Waals surface area contributed by atoms with Crippen molar-refractivity contribution >= 4 is 10.9 Å². The molecule has 1 rings (SSSR count). The van der Waals surface area contributed by atoms with E-state index >= 15 is 0 Å². The summed E-state index contributed by atoms with van der Waals surface area (Å²) in [4.78, 5) is 1.59. The monoisotopic (exact) mass is 210 g/mol. The molecule has 0 unspecified atom stereocenters. The summed E-state index contributed by atoms with van der Waals surface area (Å²) in [5.41, 5.74) is 1.37. The van der Waals surface area contributed by atoms with Crippen LogP contribution in [0.3, 0.4) is 0 Å². The molecule has 0 aromatic heterocycles. The molecule has 0 spiro atoms. The molecule has 0 atom stereocenters. The molecule has 0 saturated carbocycles. The van der Waals surface area contributed by atoms with Gasteiger partial charge in [0.25, 0.3) is 0 Å². The number of thiol groups is 1. The lowest BCUT2D eigenvalue weighted by atomic mass is 10.2. The normalized spacial score (nSPS) is 11.5. The topological polar surface area (TPSA) is 0 Å². The highest BCUT2D eigenvalue weighted by Crippen LogP contribution is 2.37. The molecule has 80 valence electrons. The molecule has 0 radical (unpaired) electrons. The summed E-state index contributed by atoms with van der Waals surface area (Å²) in [7, 11) is 0.132. The fourth-order valence-corrected chi connectivity index (χ4v) is 4.06. The molecule has 14 heavy (non-hydrogen) atoms. The summed E-state index contributed by atoms with van der Waals surface area (Å²) in [5, 5.41) is 0. The number of benzene rings is 1. The van der Waals surface area contributed by atoms with Crippen molar-refractivity contribution in [3.05, 3.63) is 29.8 Å². The molecule has 0 bridgehead atoms. The molecule has 0 N–H and O–H groups in total. The van der Waals surface area contributed by atoms with Gasteiger partial charge in [-0.25, -0.2) is 10.9 Å². The van der Waals surface area contributed by atoms with Crippen LogP contribution in [0.1, 0.15) is 32.3 Å². The zero-order valence-electron chi connectivity index (χ0n) is 9.59. The first-order valence-electron chi connectivity index (χ1n) is 5.59. The second-order valence-corrected chi connectivity index (χ2v) is 6.31. The predicted molar refractivity (Wildman–Crippen MR) is 68.7 cm³/mol. The molecular weight excluding hydrogens is 188 g/mol. The fourth-order valence-electron chi connectivity index (χ4n) is 1.67. The molecule has 0 saturated heterocycles. The lowest BCUT2D eigenvalue weighted by Gasteiger charge is -2.20. The van der Waals surface area contributed by atoms with Crippen molar-refractivity contribution in [1.29, 1.82) is 0 Å². The minimum atomic E-state index is 0.132. The minimum Gasteiger partial charge on any atom is -0.227 e. The van der Waals surface area contributed by atoms with Gasteiger partial charge < -0.3 is 0 Å². The minimum absolute atomic E-state index is 0.132. The Hall–Kier alpha value is -0.430. The van der Waals surface area contributed by atoms with Gasteiger partial charge in [0.05, 0.1) is 0 Å². The first-order valence-corrected chi connectivity index (χ1v) is 7.30. The fraction of sp³-hybridized carbons (Fsp3) is 0.538. The molecule has 0 aliphatic carbocycles. The third kappa shape index (κ3) is 3.38. The number of hydrogen-bond donors (Lipinski definition) is 1. The SMILES string of the molecule is CCC[SH](CCC)c1ccc(C)cc1. The lowest BCUT2D eigenvalue weighted by molar-refractivity contribution is 1.06. The molecule has 1 aromatic carbocycles. The van der Waals surface area contributed by atoms with Crippen LogP contribution in [0.2, 0.25) is 0 Å². The molecule has 1 aromatic rings. The Labute approximate surface area is 91.1 Å². The van der Waals surface area contributed by atoms with Crippen LogP contribution in [0.15, 0.2) is 29.2 Å². The summed E-state index contributed by atoms with van der Waals surface area (Å²) in [6.45, 7) is 6.74. The number of rotatable bonds is 5. The van der Waals surface area contributed by atoms with Gasteiger partial charge in [0, 0.05) is 0 Å². The predicted octanol–water partition coefficient (Wildman–Crippen LogP) is 4.18. The van der Waals surface area contributed by atoms with E-state index in [-0.39, 0.29) is 10.9 Å². The van der Waals surface area contributed by atoms with Crippen molar-refractivity contribution in [3.63, 3.8) is 0 Å². The number of hydrogen-bond acceptors (Lipinski definition) is 0. The van der Waals surface area contributed by atoms with Crippen LogP contribution < -0.4 is 0 Å². The van der Waals surface area contributed by atoms with E-state index in [1.807, 2.05) is 0 Å². The largest absolute Gasteiger partial charge is 0.227 e. The molecule has 0 fully saturated rings. The maximum atomic E-state index is 2.33. The van der Waals surface area contributed by atoms with Crippen LogP contribution >= 0.6 is 10.9 Å². The van der Waals surface area contributed by atoms with Gasteiger partial charge in [-0.2, -0.15) is 0 Å². The Morgan fingerprint density at radius 3 is 1.86 bits per heavy atom. The average Bonchev–Trinajstić information content (AvgIpc) is 2.19. The van der Waals surface area contributed by atoms with E-state index in [0.29, 0.717) is 0 Å². The second-order valence-electron chi connectivity index (χ2n) is 3.82. The van der Waals surface area contributed by atoms with Crippen molar-refractivity contribution in [2.45, 2.75) is 38.5 Å². The van der Waals surface area contributed by atoms with Crippen LogP contribution in [0.4, 0.5) is 0 Å². The summed E-state index contributed by atoms with van der Waals surface area (Å²) in [5.74, 6) is 2.79. The third-order valence-corrected chi connectivity index (χ3v) is 5.39. The summed E-state index contributed by atoms with van der Waals surface area (Å²) >= 11 is 0. The highest BCUT2D eigenvalue weighted by molar-refractivity contribution is 8.17. The molecule has 0 amide bonds. The molecule has 0 nitrogen and oxygen atoms in total. The van der Waals surface area contributed by atoms with Gasteiger partial charge in [-0.05, 0) is 36.2 Å². The molecule has 0 aliphatic rings. The average molecular weight is 210 g/mol. The van der Waals surface area contributed by atoms with E-state index in [1.165, 1.54) is 29.9 Å². The van der Waals surface area contributed by atoms with Crippen molar-refractivity contribution in [1.82, 2.24) is 0 Å². The van der Waals surface area contributed by atoms with Gasteiger partial charge in [-0.1, -0.05) is 43.7 Å². The molecule has 1 heteroatoms. The van der Waals surface area contributed by atoms with Crippen LogP contribution in [-0.4, -0.2) is 11.5 Å². The van der Waals surface area contributed by atoms with Gasteiger partial charge >= 0.3 is 0 Å². The van der Waals surface area contributed by atoms with Crippen LogP contribution in [0.5, 0.6) is 0 Å². The van der Waals surface area contributed by atoms with E-state index in [0.717, 1.165) is 0 Å². The van der Waals surface area contributed by atoms with E-state index in [1.54, 1.807) is 4.90 Å². The Bertz CT molecular complexity index is 244. The Morgan fingerprint density at radius 1 is 0.929 bits per heavy atom. The Morgan fingerprint density at radius 2 is 1.43 bits per heavy atom. The maximum Gasteiger partial charge on any atom is -0.0125 e. The van der Waals surface area contributed by atoms with E-state index < -0.39 is 0 Å². The van der Waals surface area contributed by atoms with Gasteiger partial charge in [-0.15, -0.1) is 0 Å². The van der Waals surface area contributed by atoms with Crippen molar-refractivity contribution < 1.29 is 0 Å². The van der Waals surface area contributed by atoms with Crippen LogP contribution in [0, 0.1) is 6.92 Å². The summed E-state index contributed by atoms with van der Waals surface area (Å²) in [6.07, 6.45) is 2.64. The highest BCUT2D eigenvalue weighted by atomic mass is 32.2. The van der Waals surface area contributed by atoms with Crippen LogP contribution in [0.25, 0.3) is 0 Å². The molecular formula is C13H22S. The van der Waals surface area contributed by atoms with Crippen molar-refractivity contribution in [3.8, 4) is 0 Å². The van der Waals surface area contributed by atoms with Crippen LogP contribution in [-0.2, 0) is 0 Å². The summed E-state index contributed by atoms with van der Waals surface area (Å²) in [6, 6.07) is 9.14. The van der Waals surface area contributed by atoms with Gasteiger partial charge in [0.15, 0.2) is 0 Å². The zero-order chi connectivity index (χ0) is 10.4. The molecule has 0 heterocycles. The van der Waals surface area contributed by atoms with Gasteiger partial charge in [0.1, 0.15) is 0 Å². The highest BCUT2D eigenvalue weighted by Gasteiger charge is 2.04. The Balaban J connectivity index is 2.71. The standard InChI is InChI=1S/C13H22S/c1-4-10-14(11-5-2)13-8-6-12(3)7-9-13/h6-9,14H,4-5,10-11H2,1-3H3. The van der Waals surface area contributed by atoms with Crippen molar-refractivity contribution in [2.24, 2.45) is 0 Å². The zero-order valence-corrected chi connectivity index (χ0v) is 10.5. The second kappa shape index (κ2) is 6.13. The van der Waals surface area contributed by atoms with Gasteiger partial charge in [-0.3, -0.25) is 0 Å².